The van der Waals surface area contributed by atoms with Gasteiger partial charge >= 0.3 is 0 Å². The van der Waals surface area contributed by atoms with Crippen molar-refractivity contribution in [2.45, 2.75) is 52.0 Å². The van der Waals surface area contributed by atoms with Gasteiger partial charge in [0.1, 0.15) is 12.9 Å². The number of aryl methyl sites for hydroxylation is 1. The molecule has 1 spiro atoms. The maximum atomic E-state index is 4.78. The molecule has 1 saturated heterocycles. The number of guanidine groups is 1. The lowest BCUT2D eigenvalue weighted by Crippen LogP contribution is -2.41. The largest absolute Gasteiger partial charge is 0.357 e. The number of hydrogen-bond donors (Lipinski definition) is 1. The van der Waals surface area contributed by atoms with Gasteiger partial charge in [-0.15, -0.1) is 34.2 Å². The van der Waals surface area contributed by atoms with Crippen LogP contribution in [0, 0.1) is 5.41 Å². The molecule has 6 nitrogen and oxygen atoms in total. The minimum absolute atomic E-state index is 0. The zero-order chi connectivity index (χ0) is 15.4. The molecule has 0 amide bonds. The minimum Gasteiger partial charge on any atom is -0.357 e. The van der Waals surface area contributed by atoms with Gasteiger partial charge in [-0.05, 0) is 31.6 Å². The summed E-state index contributed by atoms with van der Waals surface area (Å²) in [6.45, 7) is 5.91. The fourth-order valence-corrected chi connectivity index (χ4v) is 3.85. The van der Waals surface area contributed by atoms with Crippen molar-refractivity contribution in [1.29, 1.82) is 0 Å². The van der Waals surface area contributed by atoms with Gasteiger partial charge in [-0.2, -0.15) is 0 Å². The number of nitrogens with zero attached hydrogens (tertiary/aromatic N) is 5. The smallest absolute Gasteiger partial charge is 0.194 e. The van der Waals surface area contributed by atoms with Gasteiger partial charge in [0.15, 0.2) is 11.8 Å². The van der Waals surface area contributed by atoms with Crippen LogP contribution in [0.5, 0.6) is 0 Å². The van der Waals surface area contributed by atoms with Crippen LogP contribution in [0.4, 0.5) is 0 Å². The molecule has 1 aliphatic carbocycles. The predicted molar refractivity (Wildman–Crippen MR) is 103 cm³/mol. The van der Waals surface area contributed by atoms with Crippen LogP contribution in [0.1, 0.15) is 51.3 Å². The highest BCUT2D eigenvalue weighted by molar-refractivity contribution is 14.0. The van der Waals surface area contributed by atoms with Gasteiger partial charge in [-0.25, -0.2) is 4.99 Å². The summed E-state index contributed by atoms with van der Waals surface area (Å²) in [7, 11) is 1.96. The van der Waals surface area contributed by atoms with Gasteiger partial charge in [0.05, 0.1) is 0 Å². The number of hydrogen-bond acceptors (Lipinski definition) is 3. The molecule has 0 unspecified atom stereocenters. The van der Waals surface area contributed by atoms with E-state index in [0.29, 0.717) is 12.0 Å². The molecule has 2 aliphatic rings. The number of aliphatic imine (C=N–C) groups is 1. The maximum absolute atomic E-state index is 4.78. The Morgan fingerprint density at radius 3 is 2.74 bits per heavy atom. The van der Waals surface area contributed by atoms with Gasteiger partial charge in [0, 0.05) is 26.7 Å². The molecule has 7 heteroatoms. The van der Waals surface area contributed by atoms with E-state index in [0.717, 1.165) is 31.4 Å². The van der Waals surface area contributed by atoms with Crippen molar-refractivity contribution < 1.29 is 0 Å². The molecule has 3 rings (SSSR count). The normalized spacial score (nSPS) is 20.6. The minimum atomic E-state index is 0. The summed E-state index contributed by atoms with van der Waals surface area (Å²) in [5, 5.41) is 11.5. The first-order valence-electron chi connectivity index (χ1n) is 8.59. The molecule has 1 aliphatic heterocycles. The molecular formula is C16H29IN6. The number of nitrogens with one attached hydrogen (secondary N) is 1. The Morgan fingerprint density at radius 2 is 2.09 bits per heavy atom. The molecule has 0 atom stereocenters. The molecule has 2 fully saturated rings. The van der Waals surface area contributed by atoms with Crippen LogP contribution < -0.4 is 5.32 Å². The summed E-state index contributed by atoms with van der Waals surface area (Å²) in [5.74, 6) is 1.94. The number of halogens is 1. The van der Waals surface area contributed by atoms with E-state index in [-0.39, 0.29) is 24.0 Å². The van der Waals surface area contributed by atoms with Gasteiger partial charge in [0.2, 0.25) is 0 Å². The lowest BCUT2D eigenvalue weighted by molar-refractivity contribution is 0.203. The molecule has 1 aromatic rings. The van der Waals surface area contributed by atoms with Crippen LogP contribution in [0.2, 0.25) is 0 Å². The summed E-state index contributed by atoms with van der Waals surface area (Å²) >= 11 is 0. The van der Waals surface area contributed by atoms with Crippen LogP contribution in [-0.4, -0.2) is 45.3 Å². The van der Waals surface area contributed by atoms with Crippen molar-refractivity contribution in [2.75, 3.05) is 19.6 Å². The highest BCUT2D eigenvalue weighted by Crippen LogP contribution is 2.43. The Labute approximate surface area is 156 Å². The quantitative estimate of drug-likeness (QED) is 0.453. The molecule has 1 saturated carbocycles. The third-order valence-corrected chi connectivity index (χ3v) is 5.16. The summed E-state index contributed by atoms with van der Waals surface area (Å²) in [6, 6.07) is 0. The standard InChI is InChI=1S/C16H28N6.HI/c1-3-17-15(18-11-14-20-19-13-21(14)2)22-10-9-16(12-22)7-5-4-6-8-16;/h13H,3-12H2,1-2H3,(H,17,18);1H. The fraction of sp³-hybridized carbons (Fsp3) is 0.812. The van der Waals surface area contributed by atoms with Crippen LogP contribution in [0.15, 0.2) is 11.3 Å². The molecule has 2 heterocycles. The SMILES string of the molecule is CCNC(=NCc1nncn1C)N1CCC2(CCCCC2)C1.I. The Balaban J connectivity index is 0.00000192. The van der Waals surface area contributed by atoms with E-state index in [1.165, 1.54) is 38.5 Å². The van der Waals surface area contributed by atoms with Crippen LogP contribution in [0.3, 0.4) is 0 Å². The van der Waals surface area contributed by atoms with Crippen LogP contribution >= 0.6 is 24.0 Å². The lowest BCUT2D eigenvalue weighted by Gasteiger charge is -2.33. The zero-order valence-electron chi connectivity index (χ0n) is 14.3. The Morgan fingerprint density at radius 1 is 1.30 bits per heavy atom. The predicted octanol–water partition coefficient (Wildman–Crippen LogP) is 2.55. The maximum Gasteiger partial charge on any atom is 0.194 e. The number of aromatic nitrogens is 3. The summed E-state index contributed by atoms with van der Waals surface area (Å²) in [5.41, 5.74) is 0.555. The molecule has 0 bridgehead atoms. The van der Waals surface area contributed by atoms with Crippen LogP contribution in [-0.2, 0) is 13.6 Å². The second-order valence-electron chi connectivity index (χ2n) is 6.76. The van der Waals surface area contributed by atoms with Gasteiger partial charge < -0.3 is 14.8 Å². The van der Waals surface area contributed by atoms with E-state index in [2.05, 4.69) is 27.3 Å². The van der Waals surface area contributed by atoms with Gasteiger partial charge in [-0.1, -0.05) is 19.3 Å². The van der Waals surface area contributed by atoms with Crippen molar-refractivity contribution >= 4 is 29.9 Å². The van der Waals surface area contributed by atoms with E-state index in [4.69, 9.17) is 4.99 Å². The Hall–Kier alpha value is -0.860. The van der Waals surface area contributed by atoms with E-state index in [9.17, 15) is 0 Å². The first-order valence-corrected chi connectivity index (χ1v) is 8.59. The second kappa shape index (κ2) is 8.30. The molecular weight excluding hydrogens is 403 g/mol. The Bertz CT molecular complexity index is 520. The van der Waals surface area contributed by atoms with E-state index in [1.807, 2.05) is 11.6 Å². The summed E-state index contributed by atoms with van der Waals surface area (Å²) < 4.78 is 1.93. The van der Waals surface area contributed by atoms with Crippen molar-refractivity contribution in [3.05, 3.63) is 12.2 Å². The monoisotopic (exact) mass is 432 g/mol. The third-order valence-electron chi connectivity index (χ3n) is 5.16. The first kappa shape index (κ1) is 18.5. The highest BCUT2D eigenvalue weighted by Gasteiger charge is 2.39. The Kier molecular flexibility index (Phi) is 6.67. The van der Waals surface area contributed by atoms with E-state index >= 15 is 0 Å². The topological polar surface area (TPSA) is 58.3 Å². The molecule has 0 radical (unpaired) electrons. The molecule has 1 aromatic heterocycles. The second-order valence-corrected chi connectivity index (χ2v) is 6.76. The van der Waals surface area contributed by atoms with Crippen molar-refractivity contribution in [2.24, 2.45) is 17.5 Å². The molecule has 130 valence electrons. The average molecular weight is 432 g/mol. The first-order chi connectivity index (χ1) is 10.7. The van der Waals surface area contributed by atoms with E-state index < -0.39 is 0 Å². The van der Waals surface area contributed by atoms with Crippen molar-refractivity contribution in [3.63, 3.8) is 0 Å². The fourth-order valence-electron chi connectivity index (χ4n) is 3.85. The van der Waals surface area contributed by atoms with Gasteiger partial charge in [-0.3, -0.25) is 0 Å². The van der Waals surface area contributed by atoms with E-state index in [1.54, 1.807) is 6.33 Å². The number of likely N-dealkylation sites (tertiary alicyclic amines) is 1. The average Bonchev–Trinajstić information content (AvgIpc) is 3.12. The van der Waals surface area contributed by atoms with Crippen LogP contribution in [0.25, 0.3) is 0 Å². The zero-order valence-corrected chi connectivity index (χ0v) is 16.6. The van der Waals surface area contributed by atoms with Crippen molar-refractivity contribution in [1.82, 2.24) is 25.0 Å². The lowest BCUT2D eigenvalue weighted by atomic mass is 9.73. The number of rotatable bonds is 3. The van der Waals surface area contributed by atoms with Crippen molar-refractivity contribution in [3.8, 4) is 0 Å². The summed E-state index contributed by atoms with van der Waals surface area (Å²) in [4.78, 5) is 7.23. The molecule has 0 aromatic carbocycles. The molecule has 23 heavy (non-hydrogen) atoms. The third kappa shape index (κ3) is 4.36. The molecule has 1 N–H and O–H groups in total. The highest BCUT2D eigenvalue weighted by atomic mass is 127. The van der Waals surface area contributed by atoms with Gasteiger partial charge in [0.25, 0.3) is 0 Å². The summed E-state index contributed by atoms with van der Waals surface area (Å²) in [6.07, 6.45) is 10.1.